The number of hydrogen-bond acceptors (Lipinski definition) is 7. The zero-order chi connectivity index (χ0) is 33.0. The highest BCUT2D eigenvalue weighted by Gasteiger charge is 2.34. The maximum absolute atomic E-state index is 14.2. The van der Waals surface area contributed by atoms with E-state index >= 15 is 0 Å². The number of nitrogens with zero attached hydrogens (tertiary/aromatic N) is 2. The third kappa shape index (κ3) is 7.01. The third-order valence-corrected chi connectivity index (χ3v) is 9.63. The Kier molecular flexibility index (Phi) is 10.9. The van der Waals surface area contributed by atoms with Crippen molar-refractivity contribution in [3.63, 3.8) is 0 Å². The molecule has 2 heterocycles. The van der Waals surface area contributed by atoms with Gasteiger partial charge in [-0.1, -0.05) is 92.6 Å². The maximum Gasteiger partial charge on any atom is 0.338 e. The Balaban J connectivity index is 1.61. The molecule has 0 amide bonds. The Morgan fingerprint density at radius 1 is 1.13 bits per heavy atom. The second-order valence-corrected chi connectivity index (χ2v) is 13.4. The van der Waals surface area contributed by atoms with Crippen LogP contribution in [0.4, 0.5) is 0 Å². The van der Waals surface area contributed by atoms with Crippen molar-refractivity contribution in [3.05, 3.63) is 123 Å². The average molecular weight is 724 g/mol. The third-order valence-electron chi connectivity index (χ3n) is 7.69. The van der Waals surface area contributed by atoms with Crippen molar-refractivity contribution in [2.45, 2.75) is 59.1 Å². The van der Waals surface area contributed by atoms with Crippen LogP contribution in [0.3, 0.4) is 0 Å². The molecule has 0 spiro atoms. The van der Waals surface area contributed by atoms with Gasteiger partial charge in [0.05, 0.1) is 40.0 Å². The quantitative estimate of drug-likeness (QED) is 0.148. The molecule has 1 aromatic heterocycles. The van der Waals surface area contributed by atoms with Crippen LogP contribution in [0.5, 0.6) is 11.5 Å². The highest BCUT2D eigenvalue weighted by molar-refractivity contribution is 9.10. The van der Waals surface area contributed by atoms with Crippen LogP contribution < -0.4 is 24.4 Å². The number of aromatic nitrogens is 1. The number of fused-ring (bicyclic) bond motifs is 1. The summed E-state index contributed by atoms with van der Waals surface area (Å²) in [5.41, 5.74) is 4.39. The largest absolute Gasteiger partial charge is 0.493 e. The van der Waals surface area contributed by atoms with Gasteiger partial charge in [0.15, 0.2) is 16.3 Å². The van der Waals surface area contributed by atoms with Gasteiger partial charge in [-0.05, 0) is 76.2 Å². The minimum Gasteiger partial charge on any atom is -0.493 e. The van der Waals surface area contributed by atoms with E-state index in [-0.39, 0.29) is 18.8 Å². The number of allylic oxidation sites excluding steroid dienone is 1. The Morgan fingerprint density at radius 2 is 1.87 bits per heavy atom. The first-order valence-corrected chi connectivity index (χ1v) is 17.2. The molecular formula is C36H36BrClN2O5S. The van der Waals surface area contributed by atoms with Gasteiger partial charge in [-0.25, -0.2) is 9.79 Å². The number of benzene rings is 3. The summed E-state index contributed by atoms with van der Waals surface area (Å²) in [6, 6.07) is 18.6. The Labute approximate surface area is 285 Å². The van der Waals surface area contributed by atoms with Crippen molar-refractivity contribution >= 4 is 50.9 Å². The fourth-order valence-electron chi connectivity index (χ4n) is 5.38. The van der Waals surface area contributed by atoms with Gasteiger partial charge in [0.2, 0.25) is 0 Å². The lowest BCUT2D eigenvalue weighted by atomic mass is 9.92. The fourth-order valence-corrected chi connectivity index (χ4v) is 7.16. The Morgan fingerprint density at radius 3 is 2.52 bits per heavy atom. The summed E-state index contributed by atoms with van der Waals surface area (Å²) in [7, 11) is 1.57. The second-order valence-electron chi connectivity index (χ2n) is 11.1. The molecule has 10 heteroatoms. The number of methoxy groups -OCH3 is 1. The van der Waals surface area contributed by atoms with Crippen molar-refractivity contribution in [3.8, 4) is 11.5 Å². The molecule has 3 aromatic carbocycles. The van der Waals surface area contributed by atoms with Gasteiger partial charge in [0.25, 0.3) is 5.56 Å². The summed E-state index contributed by atoms with van der Waals surface area (Å²) in [5.74, 6) is 0.909. The molecule has 1 atom stereocenters. The monoisotopic (exact) mass is 722 g/mol. The van der Waals surface area contributed by atoms with E-state index in [0.717, 1.165) is 23.1 Å². The standard InChI is InChI=1S/C36H36BrClN2O5S/c1-6-10-28-31(35(42)44-7-2)32(24-15-13-23(14-16-24)21(3)4)40-34(41)30(46-36(40)39-28)19-22-17-26(37)33(29(18-22)43-5)45-20-25-11-8-9-12-27(25)38/h8-9,11-19,21,32H,6-7,10,20H2,1-5H3/b30-19-/t32-/m0/s1. The first kappa shape index (κ1) is 33.7. The topological polar surface area (TPSA) is 79.1 Å². The molecule has 1 aliphatic heterocycles. The van der Waals surface area contributed by atoms with Crippen LogP contribution in [0, 0.1) is 0 Å². The SMILES string of the molecule is CCCC1=C(C(=O)OCC)[C@H](c2ccc(C(C)C)cc2)n2c(s/c(=C\c3cc(Br)c(OCc4ccccc4Cl)c(OC)c3)c2=O)=N1. The van der Waals surface area contributed by atoms with Crippen LogP contribution >= 0.6 is 38.9 Å². The highest BCUT2D eigenvalue weighted by atomic mass is 79.9. The number of rotatable bonds is 11. The van der Waals surface area contributed by atoms with Gasteiger partial charge in [0, 0.05) is 10.6 Å². The molecule has 0 bridgehead atoms. The minimum absolute atomic E-state index is 0.222. The van der Waals surface area contributed by atoms with E-state index in [9.17, 15) is 9.59 Å². The highest BCUT2D eigenvalue weighted by Crippen LogP contribution is 2.38. The zero-order valence-electron chi connectivity index (χ0n) is 26.4. The Hall–Kier alpha value is -3.66. The predicted molar refractivity (Wildman–Crippen MR) is 187 cm³/mol. The number of thiazole rings is 1. The van der Waals surface area contributed by atoms with Gasteiger partial charge < -0.3 is 14.2 Å². The number of halogens is 2. The summed E-state index contributed by atoms with van der Waals surface area (Å²) >= 11 is 11.2. The molecule has 46 heavy (non-hydrogen) atoms. The molecule has 0 unspecified atom stereocenters. The fraction of sp³-hybridized carbons (Fsp3) is 0.306. The predicted octanol–water partition coefficient (Wildman–Crippen LogP) is 7.71. The first-order chi connectivity index (χ1) is 22.2. The summed E-state index contributed by atoms with van der Waals surface area (Å²) in [6.07, 6.45) is 3.18. The lowest BCUT2D eigenvalue weighted by Gasteiger charge is -2.26. The molecule has 0 radical (unpaired) electrons. The summed E-state index contributed by atoms with van der Waals surface area (Å²) < 4.78 is 20.1. The number of carbonyl (C=O) groups is 1. The van der Waals surface area contributed by atoms with Crippen LogP contribution in [0.15, 0.2) is 86.2 Å². The molecule has 0 N–H and O–H groups in total. The smallest absolute Gasteiger partial charge is 0.338 e. The van der Waals surface area contributed by atoms with E-state index in [1.54, 1.807) is 24.7 Å². The van der Waals surface area contributed by atoms with E-state index in [1.165, 1.54) is 16.9 Å². The molecule has 240 valence electrons. The summed E-state index contributed by atoms with van der Waals surface area (Å²) in [6.45, 7) is 8.56. The van der Waals surface area contributed by atoms with Gasteiger partial charge in [-0.3, -0.25) is 9.36 Å². The van der Waals surface area contributed by atoms with Gasteiger partial charge in [-0.15, -0.1) is 0 Å². The van der Waals surface area contributed by atoms with Gasteiger partial charge >= 0.3 is 5.97 Å². The normalized spacial score (nSPS) is 14.7. The molecule has 0 aliphatic carbocycles. The molecule has 5 rings (SSSR count). The Bertz CT molecular complexity index is 1960. The first-order valence-electron chi connectivity index (χ1n) is 15.2. The van der Waals surface area contributed by atoms with Crippen molar-refractivity contribution < 1.29 is 19.0 Å². The summed E-state index contributed by atoms with van der Waals surface area (Å²) in [4.78, 5) is 33.1. The molecule has 7 nitrogen and oxygen atoms in total. The van der Waals surface area contributed by atoms with Gasteiger partial charge in [0.1, 0.15) is 6.61 Å². The molecule has 1 aliphatic rings. The maximum atomic E-state index is 14.2. The van der Waals surface area contributed by atoms with E-state index in [1.807, 2.05) is 55.5 Å². The van der Waals surface area contributed by atoms with Crippen molar-refractivity contribution in [1.29, 1.82) is 0 Å². The zero-order valence-corrected chi connectivity index (χ0v) is 29.6. The van der Waals surface area contributed by atoms with E-state index in [4.69, 9.17) is 30.8 Å². The number of esters is 1. The van der Waals surface area contributed by atoms with Crippen molar-refractivity contribution in [2.24, 2.45) is 4.99 Å². The molecule has 0 saturated heterocycles. The molecule has 0 saturated carbocycles. The van der Waals surface area contributed by atoms with Crippen LogP contribution in [0.1, 0.15) is 74.8 Å². The van der Waals surface area contributed by atoms with Crippen LogP contribution in [-0.2, 0) is 16.1 Å². The minimum atomic E-state index is -0.665. The van der Waals surface area contributed by atoms with Crippen LogP contribution in [0.2, 0.25) is 5.02 Å². The second kappa shape index (κ2) is 14.8. The van der Waals surface area contributed by atoms with E-state index in [0.29, 0.717) is 53.9 Å². The van der Waals surface area contributed by atoms with E-state index in [2.05, 4.69) is 41.9 Å². The van der Waals surface area contributed by atoms with Crippen LogP contribution in [-0.4, -0.2) is 24.3 Å². The van der Waals surface area contributed by atoms with E-state index < -0.39 is 12.0 Å². The molecular weight excluding hydrogens is 688 g/mol. The number of carbonyl (C=O) groups excluding carboxylic acids is 1. The lowest BCUT2D eigenvalue weighted by molar-refractivity contribution is -0.139. The molecule has 4 aromatic rings. The number of hydrogen-bond donors (Lipinski definition) is 0. The van der Waals surface area contributed by atoms with Crippen molar-refractivity contribution in [2.75, 3.05) is 13.7 Å². The number of ether oxygens (including phenoxy) is 3. The van der Waals surface area contributed by atoms with Crippen LogP contribution in [0.25, 0.3) is 6.08 Å². The van der Waals surface area contributed by atoms with Gasteiger partial charge in [-0.2, -0.15) is 0 Å². The lowest BCUT2D eigenvalue weighted by Crippen LogP contribution is -2.40. The van der Waals surface area contributed by atoms with Crippen molar-refractivity contribution in [1.82, 2.24) is 4.57 Å². The average Bonchev–Trinajstić information content (AvgIpc) is 3.34. The summed E-state index contributed by atoms with van der Waals surface area (Å²) in [5, 5.41) is 0.618. The molecule has 0 fully saturated rings.